The fourth-order valence-electron chi connectivity index (χ4n) is 5.82. The molecule has 1 N–H and O–H groups in total. The number of rotatable bonds is 5. The molecule has 1 unspecified atom stereocenters. The van der Waals surface area contributed by atoms with Gasteiger partial charge in [0.1, 0.15) is 11.9 Å². The average molecular weight is 446 g/mol. The number of ether oxygens (including phenoxy) is 1. The van der Waals surface area contributed by atoms with Gasteiger partial charge in [-0.15, -0.1) is 0 Å². The quantitative estimate of drug-likeness (QED) is 0.717. The highest BCUT2D eigenvalue weighted by atomic mass is 19.1. The van der Waals surface area contributed by atoms with E-state index >= 15 is 0 Å². The molecule has 32 heavy (non-hydrogen) atoms. The van der Waals surface area contributed by atoms with Crippen LogP contribution in [0.15, 0.2) is 18.2 Å². The summed E-state index contributed by atoms with van der Waals surface area (Å²) in [4.78, 5) is 29.7. The summed E-state index contributed by atoms with van der Waals surface area (Å²) in [5.74, 6) is 1.01. The van der Waals surface area contributed by atoms with Crippen LogP contribution in [-0.2, 0) is 9.53 Å². The Morgan fingerprint density at radius 2 is 1.81 bits per heavy atom. The average Bonchev–Trinajstić information content (AvgIpc) is 3.05. The second-order valence-corrected chi connectivity index (χ2v) is 9.79. The summed E-state index contributed by atoms with van der Waals surface area (Å²) >= 11 is 0. The van der Waals surface area contributed by atoms with Gasteiger partial charge in [0.05, 0.1) is 12.3 Å². The van der Waals surface area contributed by atoms with Crippen LogP contribution in [0.5, 0.6) is 0 Å². The number of likely N-dealkylation sites (tertiary alicyclic amines) is 1. The number of amides is 2. The molecule has 1 aromatic carbocycles. The molecule has 0 radical (unpaired) electrons. The van der Waals surface area contributed by atoms with Crippen molar-refractivity contribution in [1.29, 1.82) is 0 Å². The van der Waals surface area contributed by atoms with Gasteiger partial charge in [0.15, 0.2) is 0 Å². The minimum Gasteiger partial charge on any atom is -0.450 e. The zero-order valence-electron chi connectivity index (χ0n) is 19.5. The normalized spacial score (nSPS) is 27.0. The Kier molecular flexibility index (Phi) is 7.03. The molecule has 1 saturated heterocycles. The number of alkyl carbamates (subject to hydrolysis) is 1. The van der Waals surface area contributed by atoms with Crippen LogP contribution in [0.2, 0.25) is 0 Å². The third-order valence-electron chi connectivity index (χ3n) is 7.65. The number of nitrogens with zero attached hydrogens (tertiary/aromatic N) is 2. The molecule has 176 valence electrons. The van der Waals surface area contributed by atoms with Gasteiger partial charge in [0.2, 0.25) is 0 Å². The molecule has 3 aliphatic rings. The lowest BCUT2D eigenvalue weighted by Gasteiger charge is -2.43. The van der Waals surface area contributed by atoms with Crippen molar-refractivity contribution in [2.45, 2.75) is 77.4 Å². The van der Waals surface area contributed by atoms with E-state index in [1.165, 1.54) is 37.8 Å². The van der Waals surface area contributed by atoms with Crippen molar-refractivity contribution in [3.63, 3.8) is 0 Å². The summed E-state index contributed by atoms with van der Waals surface area (Å²) in [7, 11) is 0. The van der Waals surface area contributed by atoms with Gasteiger partial charge in [-0.25, -0.2) is 9.18 Å². The van der Waals surface area contributed by atoms with Crippen molar-refractivity contribution >= 4 is 17.7 Å². The smallest absolute Gasteiger partial charge is 0.408 e. The number of fused-ring (bicyclic) bond motifs is 1. The highest BCUT2D eigenvalue weighted by Gasteiger charge is 2.43. The number of hydrogen-bond acceptors (Lipinski definition) is 4. The van der Waals surface area contributed by atoms with Gasteiger partial charge < -0.3 is 19.9 Å². The number of carbonyl (C=O) groups excluding carboxylic acids is 2. The van der Waals surface area contributed by atoms with Crippen molar-refractivity contribution in [1.82, 2.24) is 10.2 Å². The maximum atomic E-state index is 14.0. The van der Waals surface area contributed by atoms with Crippen molar-refractivity contribution < 1.29 is 18.7 Å². The first-order chi connectivity index (χ1) is 15.4. The molecule has 6 nitrogen and oxygen atoms in total. The molecule has 2 fully saturated rings. The second-order valence-electron chi connectivity index (χ2n) is 9.79. The minimum atomic E-state index is -0.899. The van der Waals surface area contributed by atoms with Crippen LogP contribution in [-0.4, -0.2) is 48.7 Å². The molecule has 7 heteroatoms. The van der Waals surface area contributed by atoms with Crippen LogP contribution >= 0.6 is 0 Å². The SMILES string of the molecule is CCOC(=O)NC1C(=O)N(C2CCN(C3CCC(C(C)C)CC3)CC2)c2ccc(F)cc21. The van der Waals surface area contributed by atoms with Gasteiger partial charge in [-0.1, -0.05) is 13.8 Å². The van der Waals surface area contributed by atoms with E-state index < -0.39 is 18.0 Å². The Balaban J connectivity index is 1.42. The maximum absolute atomic E-state index is 14.0. The summed E-state index contributed by atoms with van der Waals surface area (Å²) in [5.41, 5.74) is 1.21. The summed E-state index contributed by atoms with van der Waals surface area (Å²) in [5, 5.41) is 2.63. The van der Waals surface area contributed by atoms with E-state index in [9.17, 15) is 14.0 Å². The molecule has 2 aliphatic heterocycles. The van der Waals surface area contributed by atoms with E-state index in [-0.39, 0.29) is 18.6 Å². The Labute approximate surface area is 190 Å². The van der Waals surface area contributed by atoms with E-state index in [0.29, 0.717) is 17.3 Å². The monoisotopic (exact) mass is 445 g/mol. The molecule has 1 aliphatic carbocycles. The largest absolute Gasteiger partial charge is 0.450 e. The number of nitrogens with one attached hydrogen (secondary N) is 1. The molecule has 1 atom stereocenters. The Morgan fingerprint density at radius 3 is 2.44 bits per heavy atom. The number of benzene rings is 1. The first-order valence-electron chi connectivity index (χ1n) is 12.2. The lowest BCUT2D eigenvalue weighted by molar-refractivity contribution is -0.120. The van der Waals surface area contributed by atoms with E-state index in [0.717, 1.165) is 37.8 Å². The summed E-state index contributed by atoms with van der Waals surface area (Å²) < 4.78 is 18.9. The Morgan fingerprint density at radius 1 is 1.12 bits per heavy atom. The number of anilines is 1. The van der Waals surface area contributed by atoms with E-state index in [1.54, 1.807) is 17.9 Å². The molecule has 0 spiro atoms. The van der Waals surface area contributed by atoms with Crippen molar-refractivity contribution in [2.24, 2.45) is 11.8 Å². The second kappa shape index (κ2) is 9.77. The molecule has 2 amide bonds. The molecule has 0 aromatic heterocycles. The molecule has 1 aromatic rings. The standard InChI is InChI=1S/C25H36FN3O3/c1-4-32-25(31)27-23-21-15-18(26)7-10-22(21)29(24(23)30)20-11-13-28(14-12-20)19-8-5-17(6-9-19)16(2)3/h7,10,15-17,19-20,23H,4-6,8-9,11-14H2,1-3H3,(H,27,31). The summed E-state index contributed by atoms with van der Waals surface area (Å²) in [6.45, 7) is 8.52. The Bertz CT molecular complexity index is 830. The van der Waals surface area contributed by atoms with Crippen LogP contribution in [0.4, 0.5) is 14.9 Å². The number of halogens is 1. The summed E-state index contributed by atoms with van der Waals surface area (Å²) in [6, 6.07) is 4.21. The van der Waals surface area contributed by atoms with Crippen LogP contribution < -0.4 is 10.2 Å². The fourth-order valence-corrected chi connectivity index (χ4v) is 5.82. The molecule has 1 saturated carbocycles. The zero-order valence-corrected chi connectivity index (χ0v) is 19.5. The van der Waals surface area contributed by atoms with Gasteiger partial charge in [0, 0.05) is 30.7 Å². The number of carbonyl (C=O) groups is 2. The first kappa shape index (κ1) is 23.0. The highest BCUT2D eigenvalue weighted by molar-refractivity contribution is 6.06. The van der Waals surface area contributed by atoms with Crippen LogP contribution in [0.25, 0.3) is 0 Å². The van der Waals surface area contributed by atoms with Crippen molar-refractivity contribution in [3.8, 4) is 0 Å². The van der Waals surface area contributed by atoms with Gasteiger partial charge >= 0.3 is 6.09 Å². The van der Waals surface area contributed by atoms with Gasteiger partial charge in [-0.3, -0.25) is 4.79 Å². The third-order valence-corrected chi connectivity index (χ3v) is 7.65. The lowest BCUT2D eigenvalue weighted by atomic mass is 9.79. The zero-order chi connectivity index (χ0) is 22.8. The third kappa shape index (κ3) is 4.63. The molecular formula is C25H36FN3O3. The first-order valence-corrected chi connectivity index (χ1v) is 12.2. The molecule has 0 bridgehead atoms. The Hall–Kier alpha value is -2.15. The lowest BCUT2D eigenvalue weighted by Crippen LogP contribution is -2.51. The van der Waals surface area contributed by atoms with Gasteiger partial charge in [0.25, 0.3) is 5.91 Å². The van der Waals surface area contributed by atoms with Crippen LogP contribution in [0.1, 0.15) is 70.9 Å². The van der Waals surface area contributed by atoms with Gasteiger partial charge in [-0.2, -0.15) is 0 Å². The molecule has 4 rings (SSSR count). The molecular weight excluding hydrogens is 409 g/mol. The van der Waals surface area contributed by atoms with Gasteiger partial charge in [-0.05, 0) is 75.5 Å². The van der Waals surface area contributed by atoms with Crippen LogP contribution in [0.3, 0.4) is 0 Å². The highest BCUT2D eigenvalue weighted by Crippen LogP contribution is 2.40. The topological polar surface area (TPSA) is 61.9 Å². The van der Waals surface area contributed by atoms with Crippen LogP contribution in [0, 0.1) is 17.7 Å². The minimum absolute atomic E-state index is 0.0592. The predicted octanol–water partition coefficient (Wildman–Crippen LogP) is 4.64. The van der Waals surface area contributed by atoms with Crippen molar-refractivity contribution in [2.75, 3.05) is 24.6 Å². The van der Waals surface area contributed by atoms with Crippen molar-refractivity contribution in [3.05, 3.63) is 29.6 Å². The van der Waals surface area contributed by atoms with E-state index in [4.69, 9.17) is 4.74 Å². The maximum Gasteiger partial charge on any atom is 0.408 e. The van der Waals surface area contributed by atoms with E-state index in [2.05, 4.69) is 24.1 Å². The molecule has 2 heterocycles. The van der Waals surface area contributed by atoms with E-state index in [1.807, 2.05) is 0 Å². The number of hydrogen-bond donors (Lipinski definition) is 1. The number of piperidine rings is 1. The predicted molar refractivity (Wildman–Crippen MR) is 122 cm³/mol. The summed E-state index contributed by atoms with van der Waals surface area (Å²) in [6.07, 6.45) is 6.28. The fraction of sp³-hybridized carbons (Fsp3) is 0.680.